The highest BCUT2D eigenvalue weighted by atomic mass is 16.4. The fourth-order valence-corrected chi connectivity index (χ4v) is 1.36. The molecular weight excluding hydrogens is 154 g/mol. The Kier molecular flexibility index (Phi) is 3.71. The van der Waals surface area contributed by atoms with Gasteiger partial charge in [0.1, 0.15) is 5.54 Å². The molecule has 3 N–H and O–H groups in total. The summed E-state index contributed by atoms with van der Waals surface area (Å²) in [6.07, 6.45) is 0.793. The van der Waals surface area contributed by atoms with Crippen molar-refractivity contribution in [3.63, 3.8) is 0 Å². The van der Waals surface area contributed by atoms with E-state index < -0.39 is 11.5 Å². The van der Waals surface area contributed by atoms with Gasteiger partial charge in [0, 0.05) is 0 Å². The van der Waals surface area contributed by atoms with Crippen molar-refractivity contribution in [3.05, 3.63) is 0 Å². The minimum atomic E-state index is -1.07. The predicted octanol–water partition coefficient (Wildman–Crippen LogP) is 1.47. The number of hydrogen-bond donors (Lipinski definition) is 2. The third-order valence-electron chi connectivity index (χ3n) is 2.75. The van der Waals surface area contributed by atoms with Crippen LogP contribution >= 0.6 is 0 Å². The first-order chi connectivity index (χ1) is 5.37. The maximum atomic E-state index is 10.9. The quantitative estimate of drug-likeness (QED) is 0.676. The number of rotatable bonds is 4. The number of nitrogens with two attached hydrogens (primary N) is 1. The molecule has 0 unspecified atom stereocenters. The topological polar surface area (TPSA) is 63.3 Å². The molecule has 3 heteroatoms. The van der Waals surface area contributed by atoms with Crippen LogP contribution in [0.5, 0.6) is 0 Å². The molecule has 0 aliphatic rings. The lowest BCUT2D eigenvalue weighted by Gasteiger charge is -2.34. The van der Waals surface area contributed by atoms with E-state index in [1.54, 1.807) is 0 Å². The highest BCUT2D eigenvalue weighted by Crippen LogP contribution is 2.26. The van der Waals surface area contributed by atoms with Gasteiger partial charge in [0.2, 0.25) is 0 Å². The van der Waals surface area contributed by atoms with Gasteiger partial charge < -0.3 is 10.8 Å². The SMILES string of the molecule is CC[C@H](C)[C@](N)(C(=O)O)C(C)C. The van der Waals surface area contributed by atoms with Crippen molar-refractivity contribution in [2.45, 2.75) is 39.7 Å². The van der Waals surface area contributed by atoms with E-state index in [0.717, 1.165) is 6.42 Å². The Labute approximate surface area is 74.0 Å². The summed E-state index contributed by atoms with van der Waals surface area (Å²) >= 11 is 0. The van der Waals surface area contributed by atoms with Gasteiger partial charge in [-0.1, -0.05) is 34.1 Å². The van der Waals surface area contributed by atoms with E-state index in [-0.39, 0.29) is 11.8 Å². The lowest BCUT2D eigenvalue weighted by atomic mass is 9.76. The molecule has 0 amide bonds. The smallest absolute Gasteiger partial charge is 0.324 e. The van der Waals surface area contributed by atoms with E-state index in [1.165, 1.54) is 0 Å². The van der Waals surface area contributed by atoms with Crippen molar-refractivity contribution < 1.29 is 9.90 Å². The zero-order chi connectivity index (χ0) is 9.94. The Balaban J connectivity index is 4.74. The molecule has 0 heterocycles. The van der Waals surface area contributed by atoms with Crippen LogP contribution in [0.25, 0.3) is 0 Å². The van der Waals surface area contributed by atoms with Gasteiger partial charge in [0.15, 0.2) is 0 Å². The van der Waals surface area contributed by atoms with Crippen molar-refractivity contribution >= 4 is 5.97 Å². The maximum absolute atomic E-state index is 10.9. The van der Waals surface area contributed by atoms with Crippen LogP contribution in [0.3, 0.4) is 0 Å². The summed E-state index contributed by atoms with van der Waals surface area (Å²) in [5.74, 6) is -0.924. The summed E-state index contributed by atoms with van der Waals surface area (Å²) < 4.78 is 0. The van der Waals surface area contributed by atoms with Gasteiger partial charge in [-0.25, -0.2) is 0 Å². The second-order valence-corrected chi connectivity index (χ2v) is 3.70. The van der Waals surface area contributed by atoms with E-state index in [2.05, 4.69) is 0 Å². The summed E-state index contributed by atoms with van der Waals surface area (Å²) in [4.78, 5) is 10.9. The number of carbonyl (C=O) groups is 1. The van der Waals surface area contributed by atoms with Gasteiger partial charge in [-0.2, -0.15) is 0 Å². The Morgan fingerprint density at radius 2 is 1.92 bits per heavy atom. The molecule has 0 aromatic carbocycles. The van der Waals surface area contributed by atoms with Crippen molar-refractivity contribution in [3.8, 4) is 0 Å². The van der Waals surface area contributed by atoms with Crippen LogP contribution in [0.4, 0.5) is 0 Å². The fourth-order valence-electron chi connectivity index (χ4n) is 1.36. The largest absolute Gasteiger partial charge is 0.480 e. The molecule has 0 spiro atoms. The fraction of sp³-hybridized carbons (Fsp3) is 0.889. The molecule has 0 aromatic heterocycles. The van der Waals surface area contributed by atoms with Crippen LogP contribution in [0.15, 0.2) is 0 Å². The third-order valence-corrected chi connectivity index (χ3v) is 2.75. The van der Waals surface area contributed by atoms with Gasteiger partial charge in [0.05, 0.1) is 0 Å². The molecule has 72 valence electrons. The van der Waals surface area contributed by atoms with Crippen LogP contribution in [0, 0.1) is 11.8 Å². The Morgan fingerprint density at radius 1 is 1.50 bits per heavy atom. The van der Waals surface area contributed by atoms with Crippen molar-refractivity contribution in [1.82, 2.24) is 0 Å². The number of aliphatic carboxylic acids is 1. The number of carboxylic acids is 1. The van der Waals surface area contributed by atoms with Crippen LogP contribution in [-0.2, 0) is 4.79 Å². The molecule has 0 aliphatic carbocycles. The van der Waals surface area contributed by atoms with E-state index in [9.17, 15) is 4.79 Å². The zero-order valence-electron chi connectivity index (χ0n) is 8.29. The first-order valence-corrected chi connectivity index (χ1v) is 4.39. The van der Waals surface area contributed by atoms with Crippen LogP contribution < -0.4 is 5.73 Å². The number of carboxylic acid groups (broad SMARTS) is 1. The molecule has 0 fully saturated rings. The summed E-state index contributed by atoms with van der Waals surface area (Å²) in [5, 5.41) is 8.98. The van der Waals surface area contributed by atoms with Gasteiger partial charge >= 0.3 is 5.97 Å². The second kappa shape index (κ2) is 3.90. The molecule has 2 atom stereocenters. The van der Waals surface area contributed by atoms with Crippen molar-refractivity contribution in [2.75, 3.05) is 0 Å². The molecule has 0 saturated heterocycles. The average molecular weight is 173 g/mol. The third kappa shape index (κ3) is 1.78. The van der Waals surface area contributed by atoms with Gasteiger partial charge in [-0.05, 0) is 11.8 Å². The minimum Gasteiger partial charge on any atom is -0.480 e. The average Bonchev–Trinajstić information content (AvgIpc) is 2.00. The highest BCUT2D eigenvalue weighted by Gasteiger charge is 2.41. The normalized spacial score (nSPS) is 18.8. The van der Waals surface area contributed by atoms with E-state index in [0.29, 0.717) is 0 Å². The van der Waals surface area contributed by atoms with Crippen LogP contribution in [-0.4, -0.2) is 16.6 Å². The lowest BCUT2D eigenvalue weighted by Crippen LogP contribution is -2.57. The summed E-state index contributed by atoms with van der Waals surface area (Å²) in [5.41, 5.74) is 4.76. The molecular formula is C9H19NO2. The standard InChI is InChI=1S/C9H19NO2/c1-5-7(4)9(10,6(2)3)8(11)12/h6-7H,5,10H2,1-4H3,(H,11,12)/t7-,9-/m0/s1. The monoisotopic (exact) mass is 173 g/mol. The van der Waals surface area contributed by atoms with Crippen LogP contribution in [0.2, 0.25) is 0 Å². The maximum Gasteiger partial charge on any atom is 0.324 e. The Morgan fingerprint density at radius 3 is 2.00 bits per heavy atom. The molecule has 0 saturated carbocycles. The zero-order valence-corrected chi connectivity index (χ0v) is 8.29. The predicted molar refractivity (Wildman–Crippen MR) is 48.8 cm³/mol. The minimum absolute atomic E-state index is 0.00926. The van der Waals surface area contributed by atoms with E-state index >= 15 is 0 Å². The highest BCUT2D eigenvalue weighted by molar-refractivity contribution is 5.79. The van der Waals surface area contributed by atoms with Crippen LogP contribution in [0.1, 0.15) is 34.1 Å². The Hall–Kier alpha value is -0.570. The number of hydrogen-bond acceptors (Lipinski definition) is 2. The van der Waals surface area contributed by atoms with E-state index in [4.69, 9.17) is 10.8 Å². The molecule has 12 heavy (non-hydrogen) atoms. The molecule has 0 bridgehead atoms. The second-order valence-electron chi connectivity index (χ2n) is 3.70. The Bertz CT molecular complexity index is 168. The molecule has 0 aromatic rings. The molecule has 0 radical (unpaired) electrons. The molecule has 0 rings (SSSR count). The van der Waals surface area contributed by atoms with E-state index in [1.807, 2.05) is 27.7 Å². The summed E-state index contributed by atoms with van der Waals surface area (Å²) in [6.45, 7) is 7.53. The van der Waals surface area contributed by atoms with Gasteiger partial charge in [0.25, 0.3) is 0 Å². The first-order valence-electron chi connectivity index (χ1n) is 4.39. The first kappa shape index (κ1) is 11.4. The summed E-state index contributed by atoms with van der Waals surface area (Å²) in [7, 11) is 0. The molecule has 0 aliphatic heterocycles. The molecule has 3 nitrogen and oxygen atoms in total. The van der Waals surface area contributed by atoms with Gasteiger partial charge in [-0.3, -0.25) is 4.79 Å². The lowest BCUT2D eigenvalue weighted by molar-refractivity contribution is -0.147. The van der Waals surface area contributed by atoms with Gasteiger partial charge in [-0.15, -0.1) is 0 Å². The summed E-state index contributed by atoms with van der Waals surface area (Å²) in [6, 6.07) is 0. The van der Waals surface area contributed by atoms with Crippen molar-refractivity contribution in [2.24, 2.45) is 17.6 Å². The van der Waals surface area contributed by atoms with Crippen molar-refractivity contribution in [1.29, 1.82) is 0 Å².